The third kappa shape index (κ3) is 1.63. The topological polar surface area (TPSA) is 12.5 Å². The van der Waals surface area contributed by atoms with Crippen molar-refractivity contribution in [2.75, 3.05) is 6.61 Å². The van der Waals surface area contributed by atoms with E-state index in [-0.39, 0.29) is 0 Å². The molecule has 1 nitrogen and oxygen atoms in total. The van der Waals surface area contributed by atoms with Gasteiger partial charge in [-0.15, -0.1) is 0 Å². The summed E-state index contributed by atoms with van der Waals surface area (Å²) < 4.78 is 5.18. The van der Waals surface area contributed by atoms with Crippen molar-refractivity contribution < 1.29 is 4.74 Å². The zero-order valence-corrected chi connectivity index (χ0v) is 7.62. The van der Waals surface area contributed by atoms with E-state index in [4.69, 9.17) is 4.74 Å². The number of benzene rings is 1. The van der Waals surface area contributed by atoms with Gasteiger partial charge in [-0.25, -0.2) is 0 Å². The Morgan fingerprint density at radius 2 is 2.00 bits per heavy atom. The molecular weight excluding hydrogens is 204 g/mol. The van der Waals surface area contributed by atoms with Crippen LogP contribution in [0.2, 0.25) is 0 Å². The van der Waals surface area contributed by atoms with Gasteiger partial charge in [0.05, 0.1) is 17.5 Å². The van der Waals surface area contributed by atoms with Crippen LogP contribution in [-0.2, 0) is 4.74 Å². The minimum atomic E-state index is 0.378. The van der Waals surface area contributed by atoms with Gasteiger partial charge in [-0.2, -0.15) is 0 Å². The predicted molar refractivity (Wildman–Crippen MR) is 47.9 cm³/mol. The summed E-state index contributed by atoms with van der Waals surface area (Å²) in [6.45, 7) is 0.894. The number of hydrogen-bond acceptors (Lipinski definition) is 1. The molecule has 0 bridgehead atoms. The van der Waals surface area contributed by atoms with Crippen LogP contribution >= 0.6 is 15.9 Å². The molecule has 1 aliphatic heterocycles. The van der Waals surface area contributed by atoms with Crippen molar-refractivity contribution in [1.82, 2.24) is 0 Å². The highest BCUT2D eigenvalue weighted by atomic mass is 79.9. The third-order valence-corrected chi connectivity index (χ3v) is 2.92. The maximum atomic E-state index is 5.18. The molecule has 0 N–H and O–H groups in total. The monoisotopic (exact) mass is 212 g/mol. The molecule has 1 aliphatic rings. The second-order valence-corrected chi connectivity index (χ2v) is 3.67. The van der Waals surface area contributed by atoms with Crippen LogP contribution in [-0.4, -0.2) is 12.7 Å². The number of alkyl halides is 1. The SMILES string of the molecule is Br[C@H](c1ccccc1)C1CO1. The van der Waals surface area contributed by atoms with Crippen molar-refractivity contribution >= 4 is 15.9 Å². The summed E-state index contributed by atoms with van der Waals surface area (Å²) in [5.41, 5.74) is 1.30. The second-order valence-electron chi connectivity index (χ2n) is 2.68. The van der Waals surface area contributed by atoms with E-state index in [1.807, 2.05) is 18.2 Å². The molecule has 2 rings (SSSR count). The minimum absolute atomic E-state index is 0.378. The molecule has 1 aromatic rings. The third-order valence-electron chi connectivity index (χ3n) is 1.80. The molecule has 0 radical (unpaired) electrons. The van der Waals surface area contributed by atoms with Gasteiger partial charge in [-0.05, 0) is 5.56 Å². The zero-order valence-electron chi connectivity index (χ0n) is 6.03. The van der Waals surface area contributed by atoms with Gasteiger partial charge in [-0.3, -0.25) is 0 Å². The van der Waals surface area contributed by atoms with Crippen molar-refractivity contribution in [1.29, 1.82) is 0 Å². The normalized spacial score (nSPS) is 24.6. The molecule has 0 amide bonds. The van der Waals surface area contributed by atoms with Crippen LogP contribution in [0.4, 0.5) is 0 Å². The van der Waals surface area contributed by atoms with Gasteiger partial charge in [-0.1, -0.05) is 46.3 Å². The van der Waals surface area contributed by atoms with Crippen LogP contribution in [0.25, 0.3) is 0 Å². The van der Waals surface area contributed by atoms with Crippen molar-refractivity contribution in [2.45, 2.75) is 10.9 Å². The number of rotatable bonds is 2. The van der Waals surface area contributed by atoms with Gasteiger partial charge in [0.1, 0.15) is 0 Å². The zero-order chi connectivity index (χ0) is 7.68. The van der Waals surface area contributed by atoms with Crippen molar-refractivity contribution in [3.63, 3.8) is 0 Å². The molecule has 0 saturated carbocycles. The maximum Gasteiger partial charge on any atom is 0.0975 e. The van der Waals surface area contributed by atoms with Crippen molar-refractivity contribution in [3.05, 3.63) is 35.9 Å². The average molecular weight is 213 g/mol. The Bertz CT molecular complexity index is 231. The molecular formula is C9H9BrO. The molecule has 1 heterocycles. The summed E-state index contributed by atoms with van der Waals surface area (Å²) in [4.78, 5) is 0.378. The lowest BCUT2D eigenvalue weighted by Crippen LogP contribution is -1.96. The molecule has 2 atom stereocenters. The van der Waals surface area contributed by atoms with Gasteiger partial charge >= 0.3 is 0 Å². The number of ether oxygens (including phenoxy) is 1. The highest BCUT2D eigenvalue weighted by molar-refractivity contribution is 9.09. The largest absolute Gasteiger partial charge is 0.372 e. The van der Waals surface area contributed by atoms with E-state index in [2.05, 4.69) is 28.1 Å². The van der Waals surface area contributed by atoms with Gasteiger partial charge in [0.15, 0.2) is 0 Å². The van der Waals surface area contributed by atoms with Crippen LogP contribution in [0, 0.1) is 0 Å². The molecule has 0 spiro atoms. The lowest BCUT2D eigenvalue weighted by Gasteiger charge is -2.04. The standard InChI is InChI=1S/C9H9BrO/c10-9(8-6-11-8)7-4-2-1-3-5-7/h1-5,8-9H,6H2/t8?,9-/m1/s1. The van der Waals surface area contributed by atoms with Gasteiger partial charge in [0, 0.05) is 0 Å². The van der Waals surface area contributed by atoms with E-state index in [0.717, 1.165) is 6.61 Å². The van der Waals surface area contributed by atoms with Crippen LogP contribution in [0.5, 0.6) is 0 Å². The van der Waals surface area contributed by atoms with E-state index in [0.29, 0.717) is 10.9 Å². The maximum absolute atomic E-state index is 5.18. The lowest BCUT2D eigenvalue weighted by atomic mass is 10.1. The van der Waals surface area contributed by atoms with Crippen LogP contribution in [0.15, 0.2) is 30.3 Å². The molecule has 1 unspecified atom stereocenters. The lowest BCUT2D eigenvalue weighted by molar-refractivity contribution is 0.406. The van der Waals surface area contributed by atoms with E-state index >= 15 is 0 Å². The van der Waals surface area contributed by atoms with Crippen molar-refractivity contribution in [2.24, 2.45) is 0 Å². The minimum Gasteiger partial charge on any atom is -0.372 e. The molecule has 11 heavy (non-hydrogen) atoms. The summed E-state index contributed by atoms with van der Waals surface area (Å²) in [7, 11) is 0. The first kappa shape index (κ1) is 7.32. The summed E-state index contributed by atoms with van der Waals surface area (Å²) in [5.74, 6) is 0. The Balaban J connectivity index is 2.15. The number of epoxide rings is 1. The van der Waals surface area contributed by atoms with E-state index in [1.54, 1.807) is 0 Å². The Hall–Kier alpha value is -0.340. The highest BCUT2D eigenvalue weighted by Gasteiger charge is 2.31. The Labute approximate surface area is 74.5 Å². The van der Waals surface area contributed by atoms with E-state index in [1.165, 1.54) is 5.56 Å². The van der Waals surface area contributed by atoms with Crippen molar-refractivity contribution in [3.8, 4) is 0 Å². The van der Waals surface area contributed by atoms with Crippen LogP contribution in [0.3, 0.4) is 0 Å². The fraction of sp³-hybridized carbons (Fsp3) is 0.333. The van der Waals surface area contributed by atoms with Gasteiger partial charge in [0.2, 0.25) is 0 Å². The first-order chi connectivity index (χ1) is 5.38. The van der Waals surface area contributed by atoms with E-state index in [9.17, 15) is 0 Å². The Morgan fingerprint density at radius 1 is 1.36 bits per heavy atom. The molecule has 1 aromatic carbocycles. The molecule has 0 aliphatic carbocycles. The van der Waals surface area contributed by atoms with Gasteiger partial charge < -0.3 is 4.74 Å². The van der Waals surface area contributed by atoms with Gasteiger partial charge in [0.25, 0.3) is 0 Å². The molecule has 58 valence electrons. The van der Waals surface area contributed by atoms with Crippen LogP contribution in [0.1, 0.15) is 10.4 Å². The molecule has 1 fully saturated rings. The number of halogens is 1. The fourth-order valence-electron chi connectivity index (χ4n) is 1.08. The average Bonchev–Trinajstić information content (AvgIpc) is 2.87. The number of hydrogen-bond donors (Lipinski definition) is 0. The first-order valence-corrected chi connectivity index (χ1v) is 4.60. The molecule has 0 aromatic heterocycles. The Morgan fingerprint density at radius 3 is 2.55 bits per heavy atom. The summed E-state index contributed by atoms with van der Waals surface area (Å²) in [6.07, 6.45) is 0.400. The first-order valence-electron chi connectivity index (χ1n) is 3.68. The molecule has 2 heteroatoms. The van der Waals surface area contributed by atoms with Crippen LogP contribution < -0.4 is 0 Å². The van der Waals surface area contributed by atoms with E-state index < -0.39 is 0 Å². The quantitative estimate of drug-likeness (QED) is 0.543. The highest BCUT2D eigenvalue weighted by Crippen LogP contribution is 2.34. The summed E-state index contributed by atoms with van der Waals surface area (Å²) >= 11 is 3.59. The molecule has 1 saturated heterocycles. The predicted octanol–water partition coefficient (Wildman–Crippen LogP) is 2.52. The summed E-state index contributed by atoms with van der Waals surface area (Å²) in [5, 5.41) is 0. The fourth-order valence-corrected chi connectivity index (χ4v) is 1.69. The second kappa shape index (κ2) is 2.95. The smallest absolute Gasteiger partial charge is 0.0975 e. The summed E-state index contributed by atoms with van der Waals surface area (Å²) in [6, 6.07) is 10.3. The Kier molecular flexibility index (Phi) is 1.96.